The number of benzene rings is 2. The summed E-state index contributed by atoms with van der Waals surface area (Å²) in [5, 5.41) is 8.23. The Morgan fingerprint density at radius 3 is 2.42 bits per heavy atom. The maximum absolute atomic E-state index is 12.8. The van der Waals surface area contributed by atoms with E-state index in [0.29, 0.717) is 23.8 Å². The predicted octanol–water partition coefficient (Wildman–Crippen LogP) is 5.17. The number of hydrogen-bond donors (Lipinski definition) is 1. The van der Waals surface area contributed by atoms with Gasteiger partial charge < -0.3 is 10.2 Å². The highest BCUT2D eigenvalue weighted by atomic mass is 35.5. The Morgan fingerprint density at radius 1 is 1.06 bits per heavy atom. The lowest BCUT2D eigenvalue weighted by atomic mass is 10.1. The molecule has 2 aromatic carbocycles. The molecule has 0 atom stereocenters. The quantitative estimate of drug-likeness (QED) is 0.501. The van der Waals surface area contributed by atoms with Crippen molar-refractivity contribution in [2.75, 3.05) is 18.4 Å². The number of carbonyl (C=O) groups is 2. The van der Waals surface area contributed by atoms with E-state index in [1.807, 2.05) is 62.4 Å². The lowest BCUT2D eigenvalue weighted by Gasteiger charge is -2.20. The van der Waals surface area contributed by atoms with Crippen molar-refractivity contribution in [2.24, 2.45) is 0 Å². The normalized spacial score (nSPS) is 10.7. The van der Waals surface area contributed by atoms with Gasteiger partial charge in [-0.3, -0.25) is 9.59 Å². The molecule has 0 saturated heterocycles. The first kappa shape index (κ1) is 22.6. The summed E-state index contributed by atoms with van der Waals surface area (Å²) in [4.78, 5) is 26.7. The van der Waals surface area contributed by atoms with E-state index in [1.165, 1.54) is 0 Å². The molecule has 0 bridgehead atoms. The summed E-state index contributed by atoms with van der Waals surface area (Å²) in [6, 6.07) is 18.8. The first-order chi connectivity index (χ1) is 15.0. The molecule has 2 amide bonds. The average molecular weight is 439 g/mol. The number of likely N-dealkylation sites (N-methyl/N-ethyl adjacent to an activating group) is 1. The van der Waals surface area contributed by atoms with Crippen LogP contribution >= 0.6 is 11.6 Å². The minimum atomic E-state index is -0.263. The first-order valence-corrected chi connectivity index (χ1v) is 10.9. The van der Waals surface area contributed by atoms with Crippen molar-refractivity contribution in [1.82, 2.24) is 14.7 Å². The summed E-state index contributed by atoms with van der Waals surface area (Å²) < 4.78 is 1.67. The Morgan fingerprint density at radius 2 is 1.77 bits per heavy atom. The van der Waals surface area contributed by atoms with Crippen molar-refractivity contribution in [3.05, 3.63) is 65.7 Å². The van der Waals surface area contributed by atoms with Crippen molar-refractivity contribution in [1.29, 1.82) is 0 Å². The van der Waals surface area contributed by atoms with Crippen molar-refractivity contribution in [3.8, 4) is 16.9 Å². The van der Waals surface area contributed by atoms with Crippen LogP contribution < -0.4 is 5.32 Å². The van der Waals surface area contributed by atoms with Crippen LogP contribution in [0.15, 0.2) is 60.7 Å². The third kappa shape index (κ3) is 5.95. The van der Waals surface area contributed by atoms with Crippen LogP contribution in [0.4, 0.5) is 5.82 Å². The Labute approximate surface area is 187 Å². The summed E-state index contributed by atoms with van der Waals surface area (Å²) in [5.41, 5.74) is 2.45. The van der Waals surface area contributed by atoms with Gasteiger partial charge in [0.25, 0.3) is 0 Å². The number of amides is 2. The molecule has 3 aromatic rings. The van der Waals surface area contributed by atoms with Gasteiger partial charge in [0.1, 0.15) is 5.82 Å². The van der Waals surface area contributed by atoms with Crippen LogP contribution in [0.3, 0.4) is 0 Å². The van der Waals surface area contributed by atoms with Crippen LogP contribution in [0.25, 0.3) is 16.9 Å². The fourth-order valence-electron chi connectivity index (χ4n) is 3.22. The Hall–Kier alpha value is -3.12. The highest BCUT2D eigenvalue weighted by Gasteiger charge is 2.18. The molecule has 162 valence electrons. The third-order valence-corrected chi connectivity index (χ3v) is 5.18. The van der Waals surface area contributed by atoms with Gasteiger partial charge in [-0.2, -0.15) is 5.10 Å². The molecule has 0 spiro atoms. The SMILES string of the molecule is CCCCC(=O)N(CC)CC(=O)Nc1cc(-c2ccccc2)nn1-c1ccc(Cl)cc1. The van der Waals surface area contributed by atoms with Crippen LogP contribution in [-0.2, 0) is 9.59 Å². The molecule has 0 aliphatic carbocycles. The molecule has 0 radical (unpaired) electrons. The zero-order valence-electron chi connectivity index (χ0n) is 17.8. The largest absolute Gasteiger partial charge is 0.334 e. The standard InChI is InChI=1S/C24H27ClN4O2/c1-3-5-11-24(31)28(4-2)17-23(30)26-22-16-21(18-9-7-6-8-10-18)27-29(22)20-14-12-19(25)13-15-20/h6-10,12-16H,3-5,11,17H2,1-2H3,(H,26,30). The first-order valence-electron chi connectivity index (χ1n) is 10.5. The number of anilines is 1. The van der Waals surface area contributed by atoms with Crippen LogP contribution in [-0.4, -0.2) is 39.6 Å². The minimum Gasteiger partial charge on any atom is -0.334 e. The molecular weight excluding hydrogens is 412 g/mol. The van der Waals surface area contributed by atoms with Gasteiger partial charge in [-0.05, 0) is 37.6 Å². The second kappa shape index (κ2) is 10.8. The Kier molecular flexibility index (Phi) is 7.84. The number of rotatable bonds is 9. The maximum atomic E-state index is 12.8. The van der Waals surface area contributed by atoms with E-state index in [-0.39, 0.29) is 18.4 Å². The van der Waals surface area contributed by atoms with E-state index in [1.54, 1.807) is 21.7 Å². The number of halogens is 1. The van der Waals surface area contributed by atoms with Crippen LogP contribution in [0.2, 0.25) is 5.02 Å². The smallest absolute Gasteiger partial charge is 0.245 e. The molecule has 3 rings (SSSR count). The molecule has 0 aliphatic rings. The van der Waals surface area contributed by atoms with E-state index < -0.39 is 0 Å². The lowest BCUT2D eigenvalue weighted by Crippen LogP contribution is -2.38. The number of hydrogen-bond acceptors (Lipinski definition) is 3. The summed E-state index contributed by atoms with van der Waals surface area (Å²) in [6.07, 6.45) is 2.22. The van der Waals surface area contributed by atoms with E-state index in [2.05, 4.69) is 10.4 Å². The van der Waals surface area contributed by atoms with Crippen molar-refractivity contribution in [2.45, 2.75) is 33.1 Å². The molecule has 0 saturated carbocycles. The van der Waals surface area contributed by atoms with E-state index in [0.717, 1.165) is 29.8 Å². The highest BCUT2D eigenvalue weighted by Crippen LogP contribution is 2.25. The molecule has 0 aliphatic heterocycles. The van der Waals surface area contributed by atoms with Gasteiger partial charge in [-0.1, -0.05) is 55.3 Å². The van der Waals surface area contributed by atoms with E-state index in [4.69, 9.17) is 11.6 Å². The average Bonchev–Trinajstić information content (AvgIpc) is 3.20. The second-order valence-corrected chi connectivity index (χ2v) is 7.67. The summed E-state index contributed by atoms with van der Waals surface area (Å²) >= 11 is 6.03. The molecule has 6 nitrogen and oxygen atoms in total. The van der Waals surface area contributed by atoms with Gasteiger partial charge in [0.05, 0.1) is 17.9 Å². The van der Waals surface area contributed by atoms with Gasteiger partial charge in [-0.15, -0.1) is 0 Å². The number of carbonyl (C=O) groups excluding carboxylic acids is 2. The molecule has 0 fully saturated rings. The van der Waals surface area contributed by atoms with Gasteiger partial charge in [0.15, 0.2) is 0 Å². The molecule has 1 heterocycles. The highest BCUT2D eigenvalue weighted by molar-refractivity contribution is 6.30. The molecule has 1 aromatic heterocycles. The summed E-state index contributed by atoms with van der Waals surface area (Å²) in [7, 11) is 0. The van der Waals surface area contributed by atoms with Crippen LogP contribution in [0.5, 0.6) is 0 Å². The summed E-state index contributed by atoms with van der Waals surface area (Å²) in [5.74, 6) is 0.264. The van der Waals surface area contributed by atoms with Crippen LogP contribution in [0.1, 0.15) is 33.1 Å². The van der Waals surface area contributed by atoms with Gasteiger partial charge >= 0.3 is 0 Å². The number of unbranched alkanes of at least 4 members (excludes halogenated alkanes) is 1. The van der Waals surface area contributed by atoms with Crippen LogP contribution in [0, 0.1) is 0 Å². The van der Waals surface area contributed by atoms with Crippen molar-refractivity contribution in [3.63, 3.8) is 0 Å². The molecule has 7 heteroatoms. The second-order valence-electron chi connectivity index (χ2n) is 7.23. The van der Waals surface area contributed by atoms with E-state index >= 15 is 0 Å². The van der Waals surface area contributed by atoms with Crippen molar-refractivity contribution >= 4 is 29.2 Å². The zero-order valence-corrected chi connectivity index (χ0v) is 18.6. The monoisotopic (exact) mass is 438 g/mol. The predicted molar refractivity (Wildman–Crippen MR) is 124 cm³/mol. The fraction of sp³-hybridized carbons (Fsp3) is 0.292. The number of nitrogens with zero attached hydrogens (tertiary/aromatic N) is 3. The Balaban J connectivity index is 1.85. The topological polar surface area (TPSA) is 67.2 Å². The number of nitrogens with one attached hydrogen (secondary N) is 1. The van der Waals surface area contributed by atoms with Gasteiger partial charge in [0, 0.05) is 29.6 Å². The third-order valence-electron chi connectivity index (χ3n) is 4.93. The van der Waals surface area contributed by atoms with Gasteiger partial charge in [-0.25, -0.2) is 4.68 Å². The molecule has 0 unspecified atom stereocenters. The lowest BCUT2D eigenvalue weighted by molar-refractivity contribution is -0.134. The fourth-order valence-corrected chi connectivity index (χ4v) is 3.34. The van der Waals surface area contributed by atoms with E-state index in [9.17, 15) is 9.59 Å². The van der Waals surface area contributed by atoms with Gasteiger partial charge in [0.2, 0.25) is 11.8 Å². The minimum absolute atomic E-state index is 0.00400. The summed E-state index contributed by atoms with van der Waals surface area (Å²) in [6.45, 7) is 4.41. The molecular formula is C24H27ClN4O2. The number of aromatic nitrogens is 2. The Bertz CT molecular complexity index is 1020. The zero-order chi connectivity index (χ0) is 22.2. The molecule has 31 heavy (non-hydrogen) atoms. The molecule has 1 N–H and O–H groups in total. The van der Waals surface area contributed by atoms with Crippen molar-refractivity contribution < 1.29 is 9.59 Å². The maximum Gasteiger partial charge on any atom is 0.245 e.